The molecule has 0 radical (unpaired) electrons. The van der Waals surface area contributed by atoms with Gasteiger partial charge in [-0.25, -0.2) is 4.98 Å². The summed E-state index contributed by atoms with van der Waals surface area (Å²) in [7, 11) is 0. The Balaban J connectivity index is 2.28. The molecule has 2 nitrogen and oxygen atoms in total. The number of thiazole rings is 1. The summed E-state index contributed by atoms with van der Waals surface area (Å²) in [6, 6.07) is 4.12. The highest BCUT2D eigenvalue weighted by atomic mass is 32.1. The van der Waals surface area contributed by atoms with E-state index in [-0.39, 0.29) is 17.0 Å². The molecule has 0 unspecified atom stereocenters. The largest absolute Gasteiger partial charge is 0.416 e. The third-order valence-corrected chi connectivity index (χ3v) is 3.10. The second-order valence-electron chi connectivity index (χ2n) is 3.66. The van der Waals surface area contributed by atoms with E-state index in [4.69, 9.17) is 0 Å². The zero-order chi connectivity index (χ0) is 13.3. The van der Waals surface area contributed by atoms with Crippen LogP contribution in [0.1, 0.15) is 26.6 Å². The highest BCUT2D eigenvalue weighted by Gasteiger charge is 2.30. The van der Waals surface area contributed by atoms with Crippen LogP contribution in [0.25, 0.3) is 0 Å². The van der Waals surface area contributed by atoms with Gasteiger partial charge >= 0.3 is 6.18 Å². The number of ketones is 1. The number of hydrogen-bond donors (Lipinski definition) is 0. The van der Waals surface area contributed by atoms with Crippen molar-refractivity contribution in [2.75, 3.05) is 0 Å². The minimum absolute atomic E-state index is 0.202. The standard InChI is InChI=1S/C12H8F3NOS/c1-7-16-10(6-18-7)11(17)8-2-4-9(5-3-8)12(13,14)15/h2-6H,1H3. The van der Waals surface area contributed by atoms with E-state index in [0.717, 1.165) is 17.1 Å². The van der Waals surface area contributed by atoms with Crippen molar-refractivity contribution in [1.29, 1.82) is 0 Å². The lowest BCUT2D eigenvalue weighted by atomic mass is 10.1. The van der Waals surface area contributed by atoms with E-state index in [9.17, 15) is 18.0 Å². The van der Waals surface area contributed by atoms with Crippen LogP contribution in [0.15, 0.2) is 29.6 Å². The van der Waals surface area contributed by atoms with Gasteiger partial charge in [0.1, 0.15) is 5.69 Å². The van der Waals surface area contributed by atoms with Gasteiger partial charge in [-0.15, -0.1) is 11.3 Å². The summed E-state index contributed by atoms with van der Waals surface area (Å²) in [6.07, 6.45) is -4.39. The monoisotopic (exact) mass is 271 g/mol. The number of aryl methyl sites for hydroxylation is 1. The molecule has 2 aromatic rings. The van der Waals surface area contributed by atoms with Gasteiger partial charge < -0.3 is 0 Å². The second-order valence-corrected chi connectivity index (χ2v) is 4.72. The number of nitrogens with zero attached hydrogens (tertiary/aromatic N) is 1. The summed E-state index contributed by atoms with van der Waals surface area (Å²) >= 11 is 1.32. The van der Waals surface area contributed by atoms with E-state index in [1.165, 1.54) is 23.5 Å². The van der Waals surface area contributed by atoms with E-state index in [1.807, 2.05) is 0 Å². The van der Waals surface area contributed by atoms with Gasteiger partial charge in [0, 0.05) is 10.9 Å². The molecule has 2 rings (SSSR count). The Kier molecular flexibility index (Phi) is 3.21. The minimum Gasteiger partial charge on any atom is -0.287 e. The van der Waals surface area contributed by atoms with Crippen LogP contribution >= 0.6 is 11.3 Å². The Bertz CT molecular complexity index is 572. The van der Waals surface area contributed by atoms with Gasteiger partial charge in [-0.1, -0.05) is 12.1 Å². The predicted octanol–water partition coefficient (Wildman–Crippen LogP) is 3.70. The van der Waals surface area contributed by atoms with Crippen molar-refractivity contribution in [3.8, 4) is 0 Å². The zero-order valence-electron chi connectivity index (χ0n) is 9.28. The van der Waals surface area contributed by atoms with Gasteiger partial charge in [0.25, 0.3) is 0 Å². The van der Waals surface area contributed by atoms with Gasteiger partial charge in [-0.3, -0.25) is 4.79 Å². The summed E-state index contributed by atoms with van der Waals surface area (Å²) in [5, 5.41) is 2.33. The number of carbonyl (C=O) groups excluding carboxylic acids is 1. The summed E-state index contributed by atoms with van der Waals surface area (Å²) in [4.78, 5) is 15.9. The van der Waals surface area contributed by atoms with Crippen LogP contribution < -0.4 is 0 Å². The number of benzene rings is 1. The first kappa shape index (κ1) is 12.8. The molecule has 0 atom stereocenters. The number of alkyl halides is 3. The van der Waals surface area contributed by atoms with Crippen molar-refractivity contribution < 1.29 is 18.0 Å². The molecule has 1 aromatic carbocycles. The van der Waals surface area contributed by atoms with E-state index >= 15 is 0 Å². The number of hydrogen-bond acceptors (Lipinski definition) is 3. The predicted molar refractivity (Wildman–Crippen MR) is 61.7 cm³/mol. The Hall–Kier alpha value is -1.69. The smallest absolute Gasteiger partial charge is 0.287 e. The topological polar surface area (TPSA) is 30.0 Å². The molecule has 1 aromatic heterocycles. The van der Waals surface area contributed by atoms with Crippen LogP contribution in [-0.2, 0) is 6.18 Å². The minimum atomic E-state index is -4.39. The van der Waals surface area contributed by atoms with Crippen LogP contribution in [0.3, 0.4) is 0 Å². The van der Waals surface area contributed by atoms with E-state index in [0.29, 0.717) is 0 Å². The van der Waals surface area contributed by atoms with Crippen molar-refractivity contribution in [2.45, 2.75) is 13.1 Å². The van der Waals surface area contributed by atoms with Crippen LogP contribution in [-0.4, -0.2) is 10.8 Å². The van der Waals surface area contributed by atoms with E-state index in [1.54, 1.807) is 12.3 Å². The first-order valence-electron chi connectivity index (χ1n) is 5.02. The fourth-order valence-electron chi connectivity index (χ4n) is 1.43. The van der Waals surface area contributed by atoms with Crippen LogP contribution in [0.5, 0.6) is 0 Å². The van der Waals surface area contributed by atoms with Gasteiger partial charge in [-0.2, -0.15) is 13.2 Å². The maximum atomic E-state index is 12.4. The molecule has 0 fully saturated rings. The molecule has 0 aliphatic carbocycles. The SMILES string of the molecule is Cc1nc(C(=O)c2ccc(C(F)(F)F)cc2)cs1. The molecule has 94 valence electrons. The molecule has 0 N–H and O–H groups in total. The Labute approximate surface area is 105 Å². The molecular formula is C12H8F3NOS. The third-order valence-electron chi connectivity index (χ3n) is 2.33. The average Bonchev–Trinajstić information content (AvgIpc) is 2.74. The van der Waals surface area contributed by atoms with Gasteiger partial charge in [0.05, 0.1) is 10.6 Å². The molecule has 18 heavy (non-hydrogen) atoms. The summed E-state index contributed by atoms with van der Waals surface area (Å²) in [6.45, 7) is 1.76. The molecule has 1 heterocycles. The fourth-order valence-corrected chi connectivity index (χ4v) is 2.02. The van der Waals surface area contributed by atoms with Crippen LogP contribution in [0.4, 0.5) is 13.2 Å². The maximum absolute atomic E-state index is 12.4. The Morgan fingerprint density at radius 3 is 2.28 bits per heavy atom. The quantitative estimate of drug-likeness (QED) is 0.779. The number of rotatable bonds is 2. The highest BCUT2D eigenvalue weighted by molar-refractivity contribution is 7.09. The van der Waals surface area contributed by atoms with Crippen LogP contribution in [0, 0.1) is 6.92 Å². The van der Waals surface area contributed by atoms with Crippen molar-refractivity contribution in [1.82, 2.24) is 4.98 Å². The average molecular weight is 271 g/mol. The molecular weight excluding hydrogens is 263 g/mol. The first-order chi connectivity index (χ1) is 8.38. The Morgan fingerprint density at radius 2 is 1.83 bits per heavy atom. The summed E-state index contributed by atoms with van der Waals surface area (Å²) < 4.78 is 37.1. The lowest BCUT2D eigenvalue weighted by molar-refractivity contribution is -0.137. The highest BCUT2D eigenvalue weighted by Crippen LogP contribution is 2.29. The molecule has 0 bridgehead atoms. The molecule has 0 aliphatic heterocycles. The van der Waals surface area contributed by atoms with Crippen molar-refractivity contribution >= 4 is 17.1 Å². The first-order valence-corrected chi connectivity index (χ1v) is 5.90. The molecule has 0 saturated heterocycles. The van der Waals surface area contributed by atoms with Crippen molar-refractivity contribution in [3.63, 3.8) is 0 Å². The lowest BCUT2D eigenvalue weighted by Gasteiger charge is -2.06. The molecule has 0 saturated carbocycles. The molecule has 0 spiro atoms. The second kappa shape index (κ2) is 4.53. The third kappa shape index (κ3) is 2.59. The van der Waals surface area contributed by atoms with Gasteiger partial charge in [0.15, 0.2) is 0 Å². The fraction of sp³-hybridized carbons (Fsp3) is 0.167. The number of aromatic nitrogens is 1. The van der Waals surface area contributed by atoms with Crippen molar-refractivity contribution in [3.05, 3.63) is 51.5 Å². The van der Waals surface area contributed by atoms with Gasteiger partial charge in [0.2, 0.25) is 5.78 Å². The maximum Gasteiger partial charge on any atom is 0.416 e. The Morgan fingerprint density at radius 1 is 1.22 bits per heavy atom. The molecule has 6 heteroatoms. The molecule has 0 amide bonds. The molecule has 0 aliphatic rings. The number of halogens is 3. The normalized spacial score (nSPS) is 11.6. The summed E-state index contributed by atoms with van der Waals surface area (Å²) in [5.41, 5.74) is -0.306. The lowest BCUT2D eigenvalue weighted by Crippen LogP contribution is -2.06. The van der Waals surface area contributed by atoms with Crippen molar-refractivity contribution in [2.24, 2.45) is 0 Å². The van der Waals surface area contributed by atoms with Crippen LogP contribution in [0.2, 0.25) is 0 Å². The number of carbonyl (C=O) groups is 1. The summed E-state index contributed by atoms with van der Waals surface area (Å²) in [5.74, 6) is -0.368. The van der Waals surface area contributed by atoms with Gasteiger partial charge in [-0.05, 0) is 19.1 Å². The van der Waals surface area contributed by atoms with E-state index in [2.05, 4.69) is 4.98 Å². The zero-order valence-corrected chi connectivity index (χ0v) is 10.1. The van der Waals surface area contributed by atoms with E-state index < -0.39 is 11.7 Å².